The van der Waals surface area contributed by atoms with Crippen molar-refractivity contribution in [3.05, 3.63) is 316 Å². The second-order valence-electron chi connectivity index (χ2n) is 21.9. The first-order valence-corrected chi connectivity index (χ1v) is 29.3. The van der Waals surface area contributed by atoms with E-state index in [2.05, 4.69) is 214 Å². The van der Waals surface area contributed by atoms with Gasteiger partial charge in [0.1, 0.15) is 0 Å². The van der Waals surface area contributed by atoms with Crippen LogP contribution in [0.3, 0.4) is 0 Å². The molecule has 8 nitrogen and oxygen atoms in total. The first-order chi connectivity index (χ1) is 43.6. The average molecular weight is 1120 g/mol. The van der Waals surface area contributed by atoms with Crippen LogP contribution in [-0.2, 0) is 0 Å². The molecule has 0 aliphatic carbocycles. The molecular weight excluding hydrogens is 1070 g/mol. The number of hydrogen-bond acceptors (Lipinski definition) is 5. The average Bonchev–Trinajstić information content (AvgIpc) is 2.45. The fraction of sp³-hybridized carbons (Fsp3) is 0. The van der Waals surface area contributed by atoms with Crippen LogP contribution < -0.4 is 0 Å². The van der Waals surface area contributed by atoms with Gasteiger partial charge in [-0.2, -0.15) is 0 Å². The van der Waals surface area contributed by atoms with Crippen LogP contribution in [-0.4, -0.2) is 34.1 Å². The van der Waals surface area contributed by atoms with Crippen molar-refractivity contribution in [2.75, 3.05) is 0 Å². The first-order valence-electron chi connectivity index (χ1n) is 29.3. The fourth-order valence-corrected chi connectivity index (χ4v) is 12.9. The van der Waals surface area contributed by atoms with Gasteiger partial charge in [-0.25, -0.2) is 4.85 Å². The molecule has 88 heavy (non-hydrogen) atoms. The van der Waals surface area contributed by atoms with Gasteiger partial charge in [0.05, 0.1) is 75.2 Å². The number of hydrogen-bond donors (Lipinski definition) is 0. The molecule has 8 heteroatoms. The second-order valence-corrected chi connectivity index (χ2v) is 21.9. The van der Waals surface area contributed by atoms with Gasteiger partial charge >= 0.3 is 0 Å². The van der Waals surface area contributed by atoms with Gasteiger partial charge in [-0.1, -0.05) is 188 Å². The molecule has 0 spiro atoms. The second kappa shape index (κ2) is 21.8. The Morgan fingerprint density at radius 2 is 0.580 bits per heavy atom. The summed E-state index contributed by atoms with van der Waals surface area (Å²) >= 11 is 0. The Hall–Kier alpha value is -12.2. The van der Waals surface area contributed by atoms with E-state index < -0.39 is 0 Å². The van der Waals surface area contributed by atoms with Crippen LogP contribution in [0.1, 0.15) is 0 Å². The van der Waals surface area contributed by atoms with E-state index in [0.29, 0.717) is 5.69 Å². The molecule has 7 heterocycles. The molecule has 410 valence electrons. The highest BCUT2D eigenvalue weighted by Gasteiger charge is 2.25. The minimum absolute atomic E-state index is 0.534. The molecule has 0 atom stereocenters. The Morgan fingerprint density at radius 1 is 0.273 bits per heavy atom. The Bertz CT molecular complexity index is 4810. The van der Waals surface area contributed by atoms with E-state index in [0.717, 1.165) is 156 Å². The number of fused-ring (bicyclic) bond motifs is 6. The third-order valence-corrected chi connectivity index (χ3v) is 16.8. The highest BCUT2D eigenvalue weighted by atomic mass is 15.0. The zero-order chi connectivity index (χ0) is 58.5. The van der Waals surface area contributed by atoms with Crippen molar-refractivity contribution in [2.45, 2.75) is 0 Å². The van der Waals surface area contributed by atoms with E-state index in [1.54, 1.807) is 0 Å². The molecule has 0 saturated heterocycles. The smallest absolute Gasteiger partial charge is 0.187 e. The first kappa shape index (κ1) is 51.5. The summed E-state index contributed by atoms with van der Waals surface area (Å²) in [5.74, 6) is 0. The fourth-order valence-electron chi connectivity index (χ4n) is 12.9. The molecular formula is C80H50N8. The van der Waals surface area contributed by atoms with Crippen molar-refractivity contribution in [3.8, 4) is 112 Å². The van der Waals surface area contributed by atoms with Crippen LogP contribution in [0.2, 0.25) is 0 Å². The van der Waals surface area contributed by atoms with E-state index in [1.165, 1.54) is 0 Å². The molecule has 0 radical (unpaired) electrons. The SMILES string of the molecule is [C-]#[N+]c1cccc(-c2c(-n3c4ccc(-c5cccnc5-c5ccccc5)cc4c4cc(-c5cccnc5-c5ccccc5)ccc43)cncc2-n2c3ccc(-c4cccnc4-c4ccccc4)cc3c3cc(-c4cccnc4-c4ccccc4)ccc32)c1. The molecule has 16 aromatic rings. The molecule has 9 aromatic carbocycles. The third kappa shape index (κ3) is 8.89. The maximum Gasteiger partial charge on any atom is 0.187 e. The summed E-state index contributed by atoms with van der Waals surface area (Å²) in [6, 6.07) is 93.3. The molecule has 0 bridgehead atoms. The lowest BCUT2D eigenvalue weighted by Crippen LogP contribution is -2.05. The van der Waals surface area contributed by atoms with Crippen LogP contribution in [0.25, 0.3) is 160 Å². The van der Waals surface area contributed by atoms with Crippen molar-refractivity contribution in [1.82, 2.24) is 34.1 Å². The van der Waals surface area contributed by atoms with Crippen molar-refractivity contribution >= 4 is 49.3 Å². The summed E-state index contributed by atoms with van der Waals surface area (Å²) in [5.41, 5.74) is 24.1. The normalized spacial score (nSPS) is 11.4. The quantitative estimate of drug-likeness (QED) is 0.121. The zero-order valence-corrected chi connectivity index (χ0v) is 47.4. The highest BCUT2D eigenvalue weighted by molar-refractivity contribution is 6.15. The summed E-state index contributed by atoms with van der Waals surface area (Å²) in [6.07, 6.45) is 11.4. The summed E-state index contributed by atoms with van der Waals surface area (Å²) < 4.78 is 4.73. The molecule has 16 rings (SSSR count). The van der Waals surface area contributed by atoms with Gasteiger partial charge in [0, 0.05) is 96.4 Å². The van der Waals surface area contributed by atoms with Gasteiger partial charge in [0.15, 0.2) is 5.69 Å². The lowest BCUT2D eigenvalue weighted by molar-refractivity contribution is 1.09. The lowest BCUT2D eigenvalue weighted by Gasteiger charge is -2.20. The van der Waals surface area contributed by atoms with Crippen LogP contribution in [0.5, 0.6) is 0 Å². The van der Waals surface area contributed by atoms with Crippen LogP contribution in [0.15, 0.2) is 304 Å². The van der Waals surface area contributed by atoms with E-state index in [-0.39, 0.29) is 0 Å². The molecule has 0 fully saturated rings. The minimum Gasteiger partial charge on any atom is -0.307 e. The van der Waals surface area contributed by atoms with Crippen molar-refractivity contribution in [3.63, 3.8) is 0 Å². The summed E-state index contributed by atoms with van der Waals surface area (Å²) in [5, 5.41) is 4.23. The minimum atomic E-state index is 0.534. The van der Waals surface area contributed by atoms with Gasteiger partial charge in [0.25, 0.3) is 0 Å². The van der Waals surface area contributed by atoms with Gasteiger partial charge in [-0.05, 0) is 107 Å². The Balaban J connectivity index is 0.975. The number of nitrogens with zero attached hydrogens (tertiary/aromatic N) is 8. The Labute approximate surface area is 508 Å². The molecule has 0 aliphatic rings. The van der Waals surface area contributed by atoms with Crippen molar-refractivity contribution in [1.29, 1.82) is 0 Å². The third-order valence-electron chi connectivity index (χ3n) is 16.8. The summed E-state index contributed by atoms with van der Waals surface area (Å²) in [7, 11) is 0. The zero-order valence-electron chi connectivity index (χ0n) is 47.4. The number of benzene rings is 9. The predicted octanol–water partition coefficient (Wildman–Crippen LogP) is 20.4. The number of pyridine rings is 5. The standard InChI is InChI=1S/C80H50N8/c1-81-61-28-14-27-60(45-61)76-74(87-70-37-33-56(62-29-15-41-83-77(62)52-19-6-2-7-20-52)46-66(70)67-47-57(34-38-71(67)87)63-30-16-42-84-78(63)53-21-8-3-9-22-53)50-82-51-75(76)88-72-39-35-58(64-31-17-43-85-79(64)54-23-10-4-11-24-54)48-68(72)69-49-59(36-40-73(69)88)65-32-18-44-86-80(65)55-25-12-5-13-26-55/h2-51H. The van der Waals surface area contributed by atoms with E-state index >= 15 is 0 Å². The van der Waals surface area contributed by atoms with Gasteiger partial charge < -0.3 is 9.13 Å². The number of aromatic nitrogens is 7. The predicted molar refractivity (Wildman–Crippen MR) is 359 cm³/mol. The van der Waals surface area contributed by atoms with Crippen molar-refractivity contribution in [2.24, 2.45) is 0 Å². The maximum absolute atomic E-state index is 8.35. The Morgan fingerprint density at radius 3 is 0.886 bits per heavy atom. The Kier molecular flexibility index (Phi) is 12.7. The van der Waals surface area contributed by atoms with Crippen LogP contribution >= 0.6 is 0 Å². The molecule has 0 aliphatic heterocycles. The highest BCUT2D eigenvalue weighted by Crippen LogP contribution is 2.47. The summed E-state index contributed by atoms with van der Waals surface area (Å²) in [6.45, 7) is 8.35. The van der Waals surface area contributed by atoms with Gasteiger partial charge in [0.2, 0.25) is 0 Å². The molecule has 0 saturated carbocycles. The monoisotopic (exact) mass is 1120 g/mol. The van der Waals surface area contributed by atoms with Crippen LogP contribution in [0.4, 0.5) is 5.69 Å². The van der Waals surface area contributed by atoms with Crippen LogP contribution in [0, 0.1) is 6.57 Å². The summed E-state index contributed by atoms with van der Waals surface area (Å²) in [4.78, 5) is 29.2. The van der Waals surface area contributed by atoms with E-state index in [1.807, 2.05) is 104 Å². The van der Waals surface area contributed by atoms with Gasteiger partial charge in [-0.3, -0.25) is 24.9 Å². The topological polar surface area (TPSA) is 78.7 Å². The molecule has 0 N–H and O–H groups in total. The van der Waals surface area contributed by atoms with E-state index in [9.17, 15) is 0 Å². The lowest BCUT2D eigenvalue weighted by atomic mass is 9.96. The number of rotatable bonds is 11. The van der Waals surface area contributed by atoms with E-state index in [4.69, 9.17) is 31.5 Å². The largest absolute Gasteiger partial charge is 0.307 e. The molecule has 7 aromatic heterocycles. The maximum atomic E-state index is 8.35. The van der Waals surface area contributed by atoms with Crippen molar-refractivity contribution < 1.29 is 0 Å². The molecule has 0 unspecified atom stereocenters. The van der Waals surface area contributed by atoms with Gasteiger partial charge in [-0.15, -0.1) is 0 Å². The molecule has 0 amide bonds.